The van der Waals surface area contributed by atoms with Crippen molar-refractivity contribution >= 4 is 33.3 Å². The number of nitrogens with zero attached hydrogens (tertiary/aromatic N) is 5. The summed E-state index contributed by atoms with van der Waals surface area (Å²) in [6.45, 7) is 9.17. The van der Waals surface area contributed by atoms with Crippen LogP contribution in [0.4, 0.5) is 16.2 Å². The highest BCUT2D eigenvalue weighted by Gasteiger charge is 2.33. The van der Waals surface area contributed by atoms with Gasteiger partial charge in [0.15, 0.2) is 10.8 Å². The van der Waals surface area contributed by atoms with Gasteiger partial charge in [0, 0.05) is 51.6 Å². The van der Waals surface area contributed by atoms with Gasteiger partial charge in [0.05, 0.1) is 36.7 Å². The van der Waals surface area contributed by atoms with Crippen molar-refractivity contribution in [3.05, 3.63) is 47.7 Å². The fourth-order valence-corrected chi connectivity index (χ4v) is 6.58. The van der Waals surface area contributed by atoms with Crippen LogP contribution in [-0.2, 0) is 21.8 Å². The summed E-state index contributed by atoms with van der Waals surface area (Å²) < 4.78 is 47.1. The van der Waals surface area contributed by atoms with Gasteiger partial charge in [-0.05, 0) is 65.2 Å². The molecule has 1 aliphatic rings. The normalized spacial score (nSPS) is 20.5. The summed E-state index contributed by atoms with van der Waals surface area (Å²) in [5.74, 6) is 0.0244. The van der Waals surface area contributed by atoms with E-state index in [1.54, 1.807) is 50.6 Å². The average molecular weight is 690 g/mol. The molecule has 0 unspecified atom stereocenters. The molecule has 0 fully saturated rings. The summed E-state index contributed by atoms with van der Waals surface area (Å²) in [7, 11) is -0.717. The summed E-state index contributed by atoms with van der Waals surface area (Å²) in [5, 5.41) is 19.5. The lowest BCUT2D eigenvalue weighted by Crippen LogP contribution is -2.48. The number of ether oxygens (including phenoxy) is 2. The summed E-state index contributed by atoms with van der Waals surface area (Å²) in [6.07, 6.45) is 4.23. The van der Waals surface area contributed by atoms with Crippen molar-refractivity contribution in [3.8, 4) is 5.75 Å². The summed E-state index contributed by atoms with van der Waals surface area (Å²) in [4.78, 5) is 32.8. The van der Waals surface area contributed by atoms with Crippen LogP contribution in [0.2, 0.25) is 0 Å². The van der Waals surface area contributed by atoms with Gasteiger partial charge >= 0.3 is 6.03 Å². The summed E-state index contributed by atoms with van der Waals surface area (Å²) >= 11 is 0. The van der Waals surface area contributed by atoms with E-state index >= 15 is 0 Å². The molecule has 48 heavy (non-hydrogen) atoms. The molecule has 0 spiro atoms. The molecule has 3 aromatic rings. The van der Waals surface area contributed by atoms with Crippen molar-refractivity contribution in [1.82, 2.24) is 23.9 Å². The number of nitrogens with one attached hydrogen (secondary N) is 2. The van der Waals surface area contributed by atoms with E-state index in [2.05, 4.69) is 20.8 Å². The van der Waals surface area contributed by atoms with E-state index in [-0.39, 0.29) is 42.3 Å². The average Bonchev–Trinajstić information content (AvgIpc) is 3.63. The zero-order chi connectivity index (χ0) is 35.2. The smallest absolute Gasteiger partial charge is 0.323 e. The predicted octanol–water partition coefficient (Wildman–Crippen LogP) is 3.79. The maximum absolute atomic E-state index is 14.3. The van der Waals surface area contributed by atoms with Crippen LogP contribution in [0.15, 0.2) is 40.3 Å². The van der Waals surface area contributed by atoms with Crippen LogP contribution in [0.25, 0.3) is 0 Å². The lowest BCUT2D eigenvalue weighted by molar-refractivity contribution is -0.00835. The van der Waals surface area contributed by atoms with E-state index in [9.17, 15) is 23.1 Å². The number of aliphatic hydroxyl groups is 1. The molecule has 16 heteroatoms. The third-order valence-corrected chi connectivity index (χ3v) is 10.1. The van der Waals surface area contributed by atoms with Crippen molar-refractivity contribution in [3.63, 3.8) is 0 Å². The fraction of sp³-hybridized carbons (Fsp3) is 0.562. The van der Waals surface area contributed by atoms with E-state index < -0.39 is 34.1 Å². The van der Waals surface area contributed by atoms with Gasteiger partial charge in [0.2, 0.25) is 0 Å². The van der Waals surface area contributed by atoms with Crippen LogP contribution in [0.3, 0.4) is 0 Å². The molecule has 0 aliphatic carbocycles. The van der Waals surface area contributed by atoms with Gasteiger partial charge in [-0.25, -0.2) is 18.2 Å². The van der Waals surface area contributed by atoms with Crippen LogP contribution < -0.4 is 15.4 Å². The van der Waals surface area contributed by atoms with Crippen molar-refractivity contribution in [2.45, 2.75) is 77.2 Å². The lowest BCUT2D eigenvalue weighted by Gasteiger charge is -2.35. The van der Waals surface area contributed by atoms with Gasteiger partial charge in [-0.1, -0.05) is 12.1 Å². The Morgan fingerprint density at radius 2 is 1.96 bits per heavy atom. The molecular weight excluding hydrogens is 642 g/mol. The highest BCUT2D eigenvalue weighted by Crippen LogP contribution is 2.29. The van der Waals surface area contributed by atoms with Crippen LogP contribution in [-0.4, -0.2) is 101 Å². The monoisotopic (exact) mass is 689 g/mol. The molecule has 3 amide bonds. The van der Waals surface area contributed by atoms with E-state index in [1.165, 1.54) is 28.8 Å². The first-order chi connectivity index (χ1) is 22.7. The third-order valence-electron chi connectivity index (χ3n) is 8.37. The van der Waals surface area contributed by atoms with Gasteiger partial charge in [0.25, 0.3) is 15.9 Å². The Hall–Kier alpha value is -3.99. The number of aryl methyl sites for hydroxylation is 3. The number of sulfonamides is 1. The number of imidazole rings is 1. The second-order valence-corrected chi connectivity index (χ2v) is 14.4. The molecular formula is C32H47N7O8S. The Kier molecular flexibility index (Phi) is 12.2. The molecule has 1 aliphatic heterocycles. The van der Waals surface area contributed by atoms with Crippen molar-refractivity contribution in [2.24, 2.45) is 13.0 Å². The van der Waals surface area contributed by atoms with Gasteiger partial charge in [-0.15, -0.1) is 0 Å². The number of anilines is 2. The Balaban J connectivity index is 1.63. The molecule has 4 atom stereocenters. The minimum absolute atomic E-state index is 0.0278. The van der Waals surface area contributed by atoms with Crippen molar-refractivity contribution in [2.75, 3.05) is 44.0 Å². The van der Waals surface area contributed by atoms with Crippen LogP contribution in [0.5, 0.6) is 5.75 Å². The van der Waals surface area contributed by atoms with E-state index in [1.807, 2.05) is 13.8 Å². The SMILES string of the molecule is Cc1noc(C)c1NC(=O)Nc1ccc2c(c1)C(=O)N([C@H](C)CO)C[C@H](C)[C@@H](CN(C)S(=O)(=O)c1cn(C)cn1)OCCCC[C@H](C)O2. The fourth-order valence-electron chi connectivity index (χ4n) is 5.43. The molecule has 1 aromatic carbocycles. The molecule has 264 valence electrons. The minimum atomic E-state index is -3.89. The third kappa shape index (κ3) is 8.92. The number of hydrogen-bond donors (Lipinski definition) is 3. The Bertz CT molecular complexity index is 1650. The standard InChI is InChI=1S/C32H47N7O8S/c1-20-15-39(21(2)18-40)31(41)26-14-25(34-32(42)35-30-23(4)36-47-24(30)5)11-12-27(26)46-22(3)10-8-9-13-45-28(20)16-38(7)48(43,44)29-17-37(6)19-33-29/h11-12,14,17,19-22,28,40H,8-10,13,15-16,18H2,1-7H3,(H2,34,35,42)/t20-,21+,22-,28+/m0/s1. The number of aromatic nitrogens is 3. The largest absolute Gasteiger partial charge is 0.490 e. The number of urea groups is 1. The Labute approximate surface area is 281 Å². The number of benzene rings is 1. The zero-order valence-electron chi connectivity index (χ0n) is 28.6. The lowest BCUT2D eigenvalue weighted by atomic mass is 10.0. The number of fused-ring (bicyclic) bond motifs is 1. The number of likely N-dealkylation sites (N-methyl/N-ethyl adjacent to an activating group) is 1. The number of aliphatic hydroxyl groups excluding tert-OH is 1. The quantitative estimate of drug-likeness (QED) is 0.315. The molecule has 2 aromatic heterocycles. The van der Waals surface area contributed by atoms with Gasteiger partial charge < -0.3 is 39.2 Å². The molecule has 4 rings (SSSR count). The van der Waals surface area contributed by atoms with E-state index in [0.717, 1.165) is 12.8 Å². The van der Waals surface area contributed by atoms with E-state index in [4.69, 9.17) is 14.0 Å². The van der Waals surface area contributed by atoms with Crippen LogP contribution in [0.1, 0.15) is 61.8 Å². The maximum Gasteiger partial charge on any atom is 0.323 e. The van der Waals surface area contributed by atoms with Crippen molar-refractivity contribution in [1.29, 1.82) is 0 Å². The summed E-state index contributed by atoms with van der Waals surface area (Å²) in [6, 6.07) is 3.69. The molecule has 3 N–H and O–H groups in total. The first kappa shape index (κ1) is 36.8. The number of hydrogen-bond acceptors (Lipinski definition) is 10. The Morgan fingerprint density at radius 3 is 2.60 bits per heavy atom. The Morgan fingerprint density at radius 1 is 1.21 bits per heavy atom. The predicted molar refractivity (Wildman–Crippen MR) is 179 cm³/mol. The topological polar surface area (TPSA) is 181 Å². The van der Waals surface area contributed by atoms with Crippen molar-refractivity contribution < 1.29 is 37.1 Å². The second kappa shape index (κ2) is 15.9. The first-order valence-electron chi connectivity index (χ1n) is 16.0. The number of rotatable bonds is 8. The molecule has 0 radical (unpaired) electrons. The number of carbonyl (C=O) groups is 2. The first-order valence-corrected chi connectivity index (χ1v) is 17.4. The van der Waals surface area contributed by atoms with Gasteiger partial charge in [-0.2, -0.15) is 4.31 Å². The molecule has 3 heterocycles. The molecule has 0 bridgehead atoms. The number of carbonyl (C=O) groups excluding carboxylic acids is 2. The molecule has 0 saturated heterocycles. The molecule has 15 nitrogen and oxygen atoms in total. The number of amides is 3. The highest BCUT2D eigenvalue weighted by molar-refractivity contribution is 7.89. The molecule has 0 saturated carbocycles. The highest BCUT2D eigenvalue weighted by atomic mass is 32.2. The van der Waals surface area contributed by atoms with Gasteiger partial charge in [-0.3, -0.25) is 4.79 Å². The van der Waals surface area contributed by atoms with Gasteiger partial charge in [0.1, 0.15) is 17.1 Å². The van der Waals surface area contributed by atoms with E-state index in [0.29, 0.717) is 41.6 Å². The zero-order valence-corrected chi connectivity index (χ0v) is 29.4. The second-order valence-electron chi connectivity index (χ2n) is 12.5. The summed E-state index contributed by atoms with van der Waals surface area (Å²) in [5.41, 5.74) is 1.52. The minimum Gasteiger partial charge on any atom is -0.490 e. The maximum atomic E-state index is 14.3. The van der Waals surface area contributed by atoms with Crippen LogP contribution in [0, 0.1) is 19.8 Å². The van der Waals surface area contributed by atoms with Crippen LogP contribution >= 0.6 is 0 Å².